The highest BCUT2D eigenvalue weighted by atomic mass is 15.3. The molecule has 0 bridgehead atoms. The van der Waals surface area contributed by atoms with Crippen LogP contribution in [0.15, 0.2) is 12.3 Å². The van der Waals surface area contributed by atoms with E-state index in [4.69, 9.17) is 0 Å². The Hall–Kier alpha value is -0.830. The molecule has 1 saturated carbocycles. The molecule has 1 aromatic heterocycles. The largest absolute Gasteiger partial charge is 0.311 e. The molecule has 1 aliphatic carbocycles. The zero-order valence-corrected chi connectivity index (χ0v) is 11.2. The lowest BCUT2D eigenvalue weighted by Crippen LogP contribution is -2.28. The van der Waals surface area contributed by atoms with Crippen LogP contribution < -0.4 is 5.32 Å². The summed E-state index contributed by atoms with van der Waals surface area (Å²) >= 11 is 0. The summed E-state index contributed by atoms with van der Waals surface area (Å²) in [6, 6.07) is 2.63. The molecule has 2 rings (SSSR count). The maximum Gasteiger partial charge on any atom is 0.0553 e. The van der Waals surface area contributed by atoms with Crippen molar-refractivity contribution in [2.45, 2.75) is 51.0 Å². The van der Waals surface area contributed by atoms with Crippen molar-refractivity contribution in [1.82, 2.24) is 15.1 Å². The van der Waals surface area contributed by atoms with Crippen LogP contribution in [0.3, 0.4) is 0 Å². The van der Waals surface area contributed by atoms with E-state index in [1.165, 1.54) is 50.6 Å². The van der Waals surface area contributed by atoms with Crippen LogP contribution >= 0.6 is 0 Å². The first-order valence-corrected chi connectivity index (χ1v) is 6.98. The molecule has 0 amide bonds. The summed E-state index contributed by atoms with van der Waals surface area (Å²) in [6.07, 6.45) is 11.7. The fraction of sp³-hybridized carbons (Fsp3) is 0.786. The van der Waals surface area contributed by atoms with Gasteiger partial charge in [-0.15, -0.1) is 0 Å². The number of rotatable bonds is 3. The summed E-state index contributed by atoms with van der Waals surface area (Å²) in [6.45, 7) is 0. The zero-order valence-electron chi connectivity index (χ0n) is 11.2. The maximum absolute atomic E-state index is 4.30. The third-order valence-corrected chi connectivity index (χ3v) is 4.11. The molecule has 17 heavy (non-hydrogen) atoms. The summed E-state index contributed by atoms with van der Waals surface area (Å²) in [7, 11) is 4.12. The highest BCUT2D eigenvalue weighted by Gasteiger charge is 2.24. The van der Waals surface area contributed by atoms with E-state index in [1.54, 1.807) is 0 Å². The van der Waals surface area contributed by atoms with Crippen molar-refractivity contribution in [2.75, 3.05) is 7.05 Å². The van der Waals surface area contributed by atoms with Crippen molar-refractivity contribution in [1.29, 1.82) is 0 Å². The van der Waals surface area contributed by atoms with Gasteiger partial charge >= 0.3 is 0 Å². The normalized spacial score (nSPS) is 20.8. The van der Waals surface area contributed by atoms with Gasteiger partial charge in [0.25, 0.3) is 0 Å². The predicted molar refractivity (Wildman–Crippen MR) is 70.8 cm³/mol. The van der Waals surface area contributed by atoms with Gasteiger partial charge in [-0.05, 0) is 31.9 Å². The lowest BCUT2D eigenvalue weighted by molar-refractivity contribution is 0.290. The maximum atomic E-state index is 4.30. The van der Waals surface area contributed by atoms with Gasteiger partial charge in [-0.3, -0.25) is 4.68 Å². The molecule has 0 aliphatic heterocycles. The van der Waals surface area contributed by atoms with Gasteiger partial charge in [0.1, 0.15) is 0 Å². The Kier molecular flexibility index (Phi) is 4.60. The number of hydrogen-bond acceptors (Lipinski definition) is 2. The molecule has 1 N–H and O–H groups in total. The van der Waals surface area contributed by atoms with Crippen LogP contribution in [0.4, 0.5) is 0 Å². The van der Waals surface area contributed by atoms with E-state index in [0.717, 1.165) is 5.92 Å². The van der Waals surface area contributed by atoms with Gasteiger partial charge in [0, 0.05) is 13.2 Å². The van der Waals surface area contributed by atoms with Crippen molar-refractivity contribution in [3.05, 3.63) is 18.0 Å². The Morgan fingerprint density at radius 3 is 2.41 bits per heavy atom. The first-order chi connectivity index (χ1) is 8.33. The minimum atomic E-state index is 0.473. The Bertz CT molecular complexity index is 324. The van der Waals surface area contributed by atoms with Crippen molar-refractivity contribution in [2.24, 2.45) is 13.0 Å². The van der Waals surface area contributed by atoms with Crippen LogP contribution in [-0.4, -0.2) is 16.8 Å². The molecule has 1 atom stereocenters. The number of aromatic nitrogens is 2. The van der Waals surface area contributed by atoms with Gasteiger partial charge < -0.3 is 5.32 Å². The van der Waals surface area contributed by atoms with Gasteiger partial charge in [0.05, 0.1) is 11.7 Å². The fourth-order valence-electron chi connectivity index (χ4n) is 3.14. The molecule has 3 nitrogen and oxygen atoms in total. The fourth-order valence-corrected chi connectivity index (χ4v) is 3.14. The van der Waals surface area contributed by atoms with E-state index in [9.17, 15) is 0 Å². The molecule has 1 aromatic rings. The molecule has 1 fully saturated rings. The molecule has 1 unspecified atom stereocenters. The van der Waals surface area contributed by atoms with Gasteiger partial charge in [0.2, 0.25) is 0 Å². The second kappa shape index (κ2) is 6.20. The second-order valence-corrected chi connectivity index (χ2v) is 5.25. The quantitative estimate of drug-likeness (QED) is 0.872. The Morgan fingerprint density at radius 2 is 1.88 bits per heavy atom. The van der Waals surface area contributed by atoms with E-state index in [-0.39, 0.29) is 0 Å². The smallest absolute Gasteiger partial charge is 0.0553 e. The highest BCUT2D eigenvalue weighted by molar-refractivity contribution is 5.08. The van der Waals surface area contributed by atoms with Crippen molar-refractivity contribution in [3.63, 3.8) is 0 Å². The highest BCUT2D eigenvalue weighted by Crippen LogP contribution is 2.32. The summed E-state index contributed by atoms with van der Waals surface area (Å²) in [5.41, 5.74) is 1.33. The van der Waals surface area contributed by atoms with Gasteiger partial charge in [-0.25, -0.2) is 0 Å². The van der Waals surface area contributed by atoms with E-state index in [1.807, 2.05) is 17.9 Å². The molecule has 1 aliphatic rings. The van der Waals surface area contributed by atoms with Gasteiger partial charge in [-0.2, -0.15) is 5.10 Å². The Labute approximate surface area is 105 Å². The van der Waals surface area contributed by atoms with Crippen molar-refractivity contribution in [3.8, 4) is 0 Å². The summed E-state index contributed by atoms with van der Waals surface area (Å²) in [5.74, 6) is 0.774. The zero-order chi connectivity index (χ0) is 12.1. The van der Waals surface area contributed by atoms with Crippen LogP contribution in [0.2, 0.25) is 0 Å². The second-order valence-electron chi connectivity index (χ2n) is 5.25. The topological polar surface area (TPSA) is 29.9 Å². The monoisotopic (exact) mass is 235 g/mol. The van der Waals surface area contributed by atoms with Crippen molar-refractivity contribution >= 4 is 0 Å². The van der Waals surface area contributed by atoms with E-state index >= 15 is 0 Å². The third kappa shape index (κ3) is 3.09. The number of aryl methyl sites for hydroxylation is 1. The SMILES string of the molecule is CNC(c1ccnn1C)C1CCCCCCC1. The minimum absolute atomic E-state index is 0.473. The molecule has 0 aromatic carbocycles. The van der Waals surface area contributed by atoms with Crippen LogP contribution in [0.25, 0.3) is 0 Å². The Balaban J connectivity index is 2.08. The molecule has 0 radical (unpaired) electrons. The molecule has 96 valence electrons. The Morgan fingerprint density at radius 1 is 1.24 bits per heavy atom. The van der Waals surface area contributed by atoms with E-state index in [0.29, 0.717) is 6.04 Å². The van der Waals surface area contributed by atoms with Gasteiger partial charge in [-0.1, -0.05) is 32.1 Å². The van der Waals surface area contributed by atoms with Crippen LogP contribution in [-0.2, 0) is 7.05 Å². The number of hydrogen-bond donors (Lipinski definition) is 1. The molecular formula is C14H25N3. The van der Waals surface area contributed by atoms with Crippen LogP contribution in [0, 0.1) is 5.92 Å². The van der Waals surface area contributed by atoms with Crippen molar-refractivity contribution < 1.29 is 0 Å². The molecule has 0 spiro atoms. The lowest BCUT2D eigenvalue weighted by Gasteiger charge is -2.28. The molecule has 3 heteroatoms. The first kappa shape index (κ1) is 12.6. The molecular weight excluding hydrogens is 210 g/mol. The first-order valence-electron chi connectivity index (χ1n) is 6.98. The summed E-state index contributed by atoms with van der Waals surface area (Å²) < 4.78 is 2.01. The lowest BCUT2D eigenvalue weighted by atomic mass is 9.84. The summed E-state index contributed by atoms with van der Waals surface area (Å²) in [5, 5.41) is 7.80. The average molecular weight is 235 g/mol. The summed E-state index contributed by atoms with van der Waals surface area (Å²) in [4.78, 5) is 0. The van der Waals surface area contributed by atoms with Crippen LogP contribution in [0.1, 0.15) is 56.7 Å². The number of nitrogens with zero attached hydrogens (tertiary/aromatic N) is 2. The molecule has 0 saturated heterocycles. The molecule has 1 heterocycles. The van der Waals surface area contributed by atoms with E-state index < -0.39 is 0 Å². The van der Waals surface area contributed by atoms with E-state index in [2.05, 4.69) is 23.5 Å². The average Bonchev–Trinajstić information content (AvgIpc) is 2.69. The standard InChI is InChI=1S/C14H25N3/c1-15-14(13-10-11-16-17(13)2)12-8-6-4-3-5-7-9-12/h10-12,14-15H,3-9H2,1-2H3. The van der Waals surface area contributed by atoms with Crippen LogP contribution in [0.5, 0.6) is 0 Å². The van der Waals surface area contributed by atoms with Gasteiger partial charge in [0.15, 0.2) is 0 Å². The minimum Gasteiger partial charge on any atom is -0.311 e. The third-order valence-electron chi connectivity index (χ3n) is 4.11. The number of nitrogens with one attached hydrogen (secondary N) is 1. The predicted octanol–water partition coefficient (Wildman–Crippen LogP) is 3.04.